The Bertz CT molecular complexity index is 587. The van der Waals surface area contributed by atoms with E-state index in [1.807, 2.05) is 47.1 Å². The highest BCUT2D eigenvalue weighted by Crippen LogP contribution is 2.41. The van der Waals surface area contributed by atoms with Crippen LogP contribution in [0.3, 0.4) is 0 Å². The predicted molar refractivity (Wildman–Crippen MR) is 79.7 cm³/mol. The minimum Gasteiger partial charge on any atom is -0.394 e. The van der Waals surface area contributed by atoms with E-state index >= 15 is 0 Å². The molecule has 1 N–H and O–H groups in total. The van der Waals surface area contributed by atoms with Gasteiger partial charge in [0.05, 0.1) is 18.5 Å². The quantitative estimate of drug-likeness (QED) is 0.939. The van der Waals surface area contributed by atoms with Crippen molar-refractivity contribution < 1.29 is 9.94 Å². The lowest BCUT2D eigenvalue weighted by Gasteiger charge is -2.35. The van der Waals surface area contributed by atoms with E-state index in [0.717, 1.165) is 5.56 Å². The molecule has 1 aromatic heterocycles. The molecule has 0 amide bonds. The van der Waals surface area contributed by atoms with Crippen molar-refractivity contribution in [3.05, 3.63) is 53.6 Å². The van der Waals surface area contributed by atoms with E-state index < -0.39 is 0 Å². The van der Waals surface area contributed by atoms with E-state index in [1.54, 1.807) is 12.5 Å². The number of aliphatic hydroxyl groups is 1. The van der Waals surface area contributed by atoms with Crippen LogP contribution in [-0.2, 0) is 16.9 Å². The van der Waals surface area contributed by atoms with Crippen molar-refractivity contribution >= 4 is 11.6 Å². The first-order chi connectivity index (χ1) is 10.1. The van der Waals surface area contributed by atoms with Crippen LogP contribution >= 0.6 is 11.6 Å². The second-order valence-corrected chi connectivity index (χ2v) is 5.82. The first-order valence-corrected chi connectivity index (χ1v) is 7.25. The number of aliphatic hydroxyl groups excluding tert-OH is 1. The molecule has 0 radical (unpaired) electrons. The van der Waals surface area contributed by atoms with Gasteiger partial charge in [0.1, 0.15) is 6.10 Å². The van der Waals surface area contributed by atoms with Crippen molar-refractivity contribution in [1.82, 2.24) is 14.6 Å². The highest BCUT2D eigenvalue weighted by molar-refractivity contribution is 6.30. The van der Waals surface area contributed by atoms with Crippen LogP contribution < -0.4 is 0 Å². The Morgan fingerprint density at radius 3 is 2.76 bits per heavy atom. The standard InChI is InChI=1S/C15H18ClN3O2/c1-18-15(8-14(9-20)21-18,10-19-7-6-17-11-19)12-2-4-13(16)5-3-12/h2-7,11,14,20H,8-10H2,1H3. The fourth-order valence-corrected chi connectivity index (χ4v) is 3.09. The van der Waals surface area contributed by atoms with E-state index in [2.05, 4.69) is 4.98 Å². The third kappa shape index (κ3) is 2.70. The van der Waals surface area contributed by atoms with Crippen LogP contribution in [0.25, 0.3) is 0 Å². The van der Waals surface area contributed by atoms with Crippen molar-refractivity contribution in [2.45, 2.75) is 24.6 Å². The van der Waals surface area contributed by atoms with Crippen molar-refractivity contribution in [2.75, 3.05) is 13.7 Å². The van der Waals surface area contributed by atoms with Gasteiger partial charge in [-0.25, -0.2) is 4.98 Å². The number of hydrogen-bond donors (Lipinski definition) is 1. The molecule has 1 fully saturated rings. The van der Waals surface area contributed by atoms with E-state index in [-0.39, 0.29) is 18.2 Å². The Hall–Kier alpha value is -1.40. The van der Waals surface area contributed by atoms with Gasteiger partial charge in [0.25, 0.3) is 0 Å². The number of imidazole rings is 1. The topological polar surface area (TPSA) is 50.5 Å². The molecule has 2 heterocycles. The summed E-state index contributed by atoms with van der Waals surface area (Å²) in [4.78, 5) is 9.88. The van der Waals surface area contributed by atoms with Crippen LogP contribution in [0.15, 0.2) is 43.0 Å². The average molecular weight is 308 g/mol. The number of hydroxylamine groups is 2. The first kappa shape index (κ1) is 14.5. The van der Waals surface area contributed by atoms with E-state index in [4.69, 9.17) is 16.4 Å². The molecule has 2 unspecified atom stereocenters. The lowest BCUT2D eigenvalue weighted by atomic mass is 9.85. The predicted octanol–water partition coefficient (Wildman–Crippen LogP) is 2.06. The fraction of sp³-hybridized carbons (Fsp3) is 0.400. The Labute approximate surface area is 128 Å². The van der Waals surface area contributed by atoms with Crippen LogP contribution in [0.2, 0.25) is 5.02 Å². The molecule has 112 valence electrons. The molecular formula is C15H18ClN3O2. The summed E-state index contributed by atoms with van der Waals surface area (Å²) < 4.78 is 2.02. The maximum atomic E-state index is 9.44. The highest BCUT2D eigenvalue weighted by Gasteiger charge is 2.46. The van der Waals surface area contributed by atoms with Gasteiger partial charge in [0, 0.05) is 37.4 Å². The normalized spacial score (nSPS) is 26.3. The van der Waals surface area contributed by atoms with E-state index in [1.165, 1.54) is 0 Å². The minimum atomic E-state index is -0.349. The second-order valence-electron chi connectivity index (χ2n) is 5.39. The molecule has 2 atom stereocenters. The number of aromatic nitrogens is 2. The summed E-state index contributed by atoms with van der Waals surface area (Å²) in [5, 5.41) is 12.0. The summed E-state index contributed by atoms with van der Waals surface area (Å²) >= 11 is 6.00. The van der Waals surface area contributed by atoms with Crippen LogP contribution in [0, 0.1) is 0 Å². The van der Waals surface area contributed by atoms with Gasteiger partial charge in [-0.15, -0.1) is 0 Å². The number of benzene rings is 1. The van der Waals surface area contributed by atoms with Gasteiger partial charge in [-0.1, -0.05) is 23.7 Å². The van der Waals surface area contributed by atoms with Gasteiger partial charge < -0.3 is 9.67 Å². The number of nitrogens with zero attached hydrogens (tertiary/aromatic N) is 3. The monoisotopic (exact) mass is 307 g/mol. The highest BCUT2D eigenvalue weighted by atomic mass is 35.5. The summed E-state index contributed by atoms with van der Waals surface area (Å²) in [5.41, 5.74) is 0.762. The zero-order valence-corrected chi connectivity index (χ0v) is 12.6. The van der Waals surface area contributed by atoms with Gasteiger partial charge in [0.2, 0.25) is 0 Å². The maximum absolute atomic E-state index is 9.44. The average Bonchev–Trinajstić information content (AvgIpc) is 3.09. The Morgan fingerprint density at radius 1 is 1.43 bits per heavy atom. The lowest BCUT2D eigenvalue weighted by molar-refractivity contribution is -0.181. The molecule has 5 nitrogen and oxygen atoms in total. The smallest absolute Gasteiger partial charge is 0.105 e. The number of likely N-dealkylation sites (N-methyl/N-ethyl adjacent to an activating group) is 1. The Kier molecular flexibility index (Phi) is 3.99. The largest absolute Gasteiger partial charge is 0.394 e. The Morgan fingerprint density at radius 2 is 2.19 bits per heavy atom. The molecule has 0 saturated carbocycles. The van der Waals surface area contributed by atoms with E-state index in [0.29, 0.717) is 18.0 Å². The van der Waals surface area contributed by atoms with Crippen LogP contribution in [0.5, 0.6) is 0 Å². The summed E-state index contributed by atoms with van der Waals surface area (Å²) in [5.74, 6) is 0. The molecule has 1 saturated heterocycles. The molecule has 1 aliphatic heterocycles. The second kappa shape index (κ2) is 5.77. The van der Waals surface area contributed by atoms with Crippen LogP contribution in [0.1, 0.15) is 12.0 Å². The van der Waals surface area contributed by atoms with Gasteiger partial charge in [0.15, 0.2) is 0 Å². The van der Waals surface area contributed by atoms with Crippen molar-refractivity contribution in [1.29, 1.82) is 0 Å². The van der Waals surface area contributed by atoms with E-state index in [9.17, 15) is 5.11 Å². The summed E-state index contributed by atoms with van der Waals surface area (Å²) in [7, 11) is 1.90. The van der Waals surface area contributed by atoms with Gasteiger partial charge in [-0.05, 0) is 17.7 Å². The van der Waals surface area contributed by atoms with Gasteiger partial charge in [-0.3, -0.25) is 4.84 Å². The SMILES string of the molecule is CN1OC(CO)CC1(Cn1ccnc1)c1ccc(Cl)cc1. The van der Waals surface area contributed by atoms with Crippen LogP contribution in [0.4, 0.5) is 0 Å². The molecule has 21 heavy (non-hydrogen) atoms. The molecule has 3 rings (SSSR count). The first-order valence-electron chi connectivity index (χ1n) is 6.87. The Balaban J connectivity index is 2.00. The molecule has 0 spiro atoms. The third-order valence-electron chi connectivity index (χ3n) is 4.06. The number of halogens is 1. The minimum absolute atomic E-state index is 0.00358. The fourth-order valence-electron chi connectivity index (χ4n) is 2.96. The molecule has 6 heteroatoms. The van der Waals surface area contributed by atoms with Crippen LogP contribution in [-0.4, -0.2) is 39.5 Å². The lowest BCUT2D eigenvalue weighted by Crippen LogP contribution is -2.41. The molecule has 1 aliphatic rings. The summed E-state index contributed by atoms with van der Waals surface area (Å²) in [6, 6.07) is 7.79. The maximum Gasteiger partial charge on any atom is 0.105 e. The number of rotatable bonds is 4. The zero-order chi connectivity index (χ0) is 14.9. The summed E-state index contributed by atoms with van der Waals surface area (Å²) in [6.07, 6.45) is 5.98. The molecule has 1 aromatic carbocycles. The molecule has 0 bridgehead atoms. The third-order valence-corrected chi connectivity index (χ3v) is 4.32. The van der Waals surface area contributed by atoms with Crippen molar-refractivity contribution in [3.63, 3.8) is 0 Å². The molecule has 2 aromatic rings. The van der Waals surface area contributed by atoms with Gasteiger partial charge in [-0.2, -0.15) is 5.06 Å². The molecule has 0 aliphatic carbocycles. The van der Waals surface area contributed by atoms with Gasteiger partial charge >= 0.3 is 0 Å². The molecular weight excluding hydrogens is 290 g/mol. The summed E-state index contributed by atoms with van der Waals surface area (Å²) in [6.45, 7) is 0.700. The zero-order valence-electron chi connectivity index (χ0n) is 11.8. The van der Waals surface area contributed by atoms with Crippen molar-refractivity contribution in [3.8, 4) is 0 Å². The number of hydrogen-bond acceptors (Lipinski definition) is 4. The van der Waals surface area contributed by atoms with Crippen molar-refractivity contribution in [2.24, 2.45) is 0 Å².